The summed E-state index contributed by atoms with van der Waals surface area (Å²) in [5.74, 6) is -0.826. The van der Waals surface area contributed by atoms with E-state index < -0.39 is 5.54 Å². The molecule has 0 spiro atoms. The van der Waals surface area contributed by atoms with Crippen molar-refractivity contribution in [2.75, 3.05) is 0 Å². The number of hydrogen-bond donors (Lipinski definition) is 0. The molecule has 1 unspecified atom stereocenters. The summed E-state index contributed by atoms with van der Waals surface area (Å²) in [6, 6.07) is 10.0. The number of amides is 1. The number of hydrogen-bond acceptors (Lipinski definition) is 3. The quantitative estimate of drug-likeness (QED) is 0.839. The molecule has 1 atom stereocenters. The normalized spacial score (nSPS) is 21.3. The molecule has 1 aliphatic rings. The van der Waals surface area contributed by atoms with Gasteiger partial charge in [-0.2, -0.15) is 5.06 Å². The van der Waals surface area contributed by atoms with E-state index in [4.69, 9.17) is 4.84 Å². The van der Waals surface area contributed by atoms with E-state index in [1.807, 2.05) is 44.2 Å². The lowest BCUT2D eigenvalue weighted by atomic mass is 9.84. The molecule has 0 N–H and O–H groups in total. The van der Waals surface area contributed by atoms with Gasteiger partial charge in [-0.3, -0.25) is 4.79 Å². The first-order chi connectivity index (χ1) is 8.93. The minimum Gasteiger partial charge on any atom is -0.337 e. The molecule has 1 heterocycles. The van der Waals surface area contributed by atoms with Crippen LogP contribution in [0.4, 0.5) is 0 Å². The highest BCUT2D eigenvalue weighted by molar-refractivity contribution is 5.82. The van der Waals surface area contributed by atoms with Crippen LogP contribution in [0.25, 0.3) is 0 Å². The van der Waals surface area contributed by atoms with Gasteiger partial charge in [0.1, 0.15) is 0 Å². The molecule has 0 radical (unpaired) electrons. The van der Waals surface area contributed by atoms with E-state index in [-0.39, 0.29) is 17.8 Å². The summed E-state index contributed by atoms with van der Waals surface area (Å²) in [4.78, 5) is 28.5. The highest BCUT2D eigenvalue weighted by atomic mass is 16.7. The Bertz CT molecular complexity index is 481. The highest BCUT2D eigenvalue weighted by Gasteiger charge is 2.50. The van der Waals surface area contributed by atoms with Gasteiger partial charge in [0, 0.05) is 6.92 Å². The summed E-state index contributed by atoms with van der Waals surface area (Å²) in [6.45, 7) is 5.15. The fourth-order valence-electron chi connectivity index (χ4n) is 2.60. The fourth-order valence-corrected chi connectivity index (χ4v) is 2.60. The number of aryl methyl sites for hydroxylation is 1. The zero-order valence-electron chi connectivity index (χ0n) is 11.6. The molecular weight excluding hydrogens is 242 g/mol. The van der Waals surface area contributed by atoms with Gasteiger partial charge in [0.2, 0.25) is 0 Å². The Labute approximate surface area is 113 Å². The molecule has 1 aliphatic heterocycles. The van der Waals surface area contributed by atoms with E-state index in [0.717, 1.165) is 6.42 Å². The van der Waals surface area contributed by atoms with Crippen LogP contribution in [-0.4, -0.2) is 22.5 Å². The van der Waals surface area contributed by atoms with Gasteiger partial charge in [0.15, 0.2) is 0 Å². The van der Waals surface area contributed by atoms with Crippen molar-refractivity contribution in [2.45, 2.75) is 39.2 Å². The van der Waals surface area contributed by atoms with E-state index >= 15 is 0 Å². The summed E-state index contributed by atoms with van der Waals surface area (Å²) < 4.78 is 0. The lowest BCUT2D eigenvalue weighted by Crippen LogP contribution is -2.44. The molecule has 0 aliphatic carbocycles. The maximum atomic E-state index is 11.9. The van der Waals surface area contributed by atoms with Crippen molar-refractivity contribution in [3.8, 4) is 0 Å². The zero-order chi connectivity index (χ0) is 14.0. The third kappa shape index (κ3) is 2.62. The lowest BCUT2D eigenvalue weighted by molar-refractivity contribution is -0.192. The molecule has 1 aromatic rings. The smallest absolute Gasteiger partial charge is 0.337 e. The largest absolute Gasteiger partial charge is 0.338 e. The molecule has 1 amide bonds. The van der Waals surface area contributed by atoms with Crippen molar-refractivity contribution in [2.24, 2.45) is 5.92 Å². The second kappa shape index (κ2) is 5.03. The van der Waals surface area contributed by atoms with Crippen molar-refractivity contribution in [3.63, 3.8) is 0 Å². The van der Waals surface area contributed by atoms with Crippen LogP contribution in [0.5, 0.6) is 0 Å². The maximum absolute atomic E-state index is 11.9. The fraction of sp³-hybridized carbons (Fsp3) is 0.467. The van der Waals surface area contributed by atoms with Crippen molar-refractivity contribution < 1.29 is 14.4 Å². The van der Waals surface area contributed by atoms with Gasteiger partial charge < -0.3 is 4.84 Å². The van der Waals surface area contributed by atoms with Crippen LogP contribution < -0.4 is 0 Å². The Morgan fingerprint density at radius 3 is 2.47 bits per heavy atom. The molecule has 19 heavy (non-hydrogen) atoms. The van der Waals surface area contributed by atoms with Crippen LogP contribution in [-0.2, 0) is 20.8 Å². The van der Waals surface area contributed by atoms with Crippen LogP contribution >= 0.6 is 0 Å². The zero-order valence-corrected chi connectivity index (χ0v) is 11.6. The highest BCUT2D eigenvalue weighted by Crippen LogP contribution is 2.36. The number of carbonyl (C=O) groups excluding carboxylic acids is 2. The monoisotopic (exact) mass is 261 g/mol. The first-order valence-corrected chi connectivity index (χ1v) is 6.49. The standard InChI is InChI=1S/C15H19NO3/c1-11(17)16-15(2,3)13(14(18)19-16)10-9-12-7-5-4-6-8-12/h4-8,13H,9-10H2,1-3H3. The minimum atomic E-state index is -0.586. The van der Waals surface area contributed by atoms with E-state index in [9.17, 15) is 9.59 Å². The summed E-state index contributed by atoms with van der Waals surface area (Å²) in [6.07, 6.45) is 1.48. The predicted octanol–water partition coefficient (Wildman–Crippen LogP) is 2.33. The molecule has 0 saturated carbocycles. The van der Waals surface area contributed by atoms with Gasteiger partial charge in [0.05, 0.1) is 11.5 Å². The van der Waals surface area contributed by atoms with E-state index in [2.05, 4.69) is 0 Å². The molecule has 102 valence electrons. The van der Waals surface area contributed by atoms with Crippen LogP contribution in [0.3, 0.4) is 0 Å². The molecule has 0 aromatic heterocycles. The third-order valence-electron chi connectivity index (χ3n) is 3.69. The summed E-state index contributed by atoms with van der Waals surface area (Å²) in [5.41, 5.74) is 0.602. The number of hydroxylamine groups is 2. The molecule has 2 rings (SSSR count). The number of rotatable bonds is 3. The SMILES string of the molecule is CC(=O)N1OC(=O)C(CCc2ccccc2)C1(C)C. The molecule has 1 saturated heterocycles. The van der Waals surface area contributed by atoms with Crippen LogP contribution in [0.1, 0.15) is 32.8 Å². The average Bonchev–Trinajstić information content (AvgIpc) is 2.59. The van der Waals surface area contributed by atoms with Crippen molar-refractivity contribution in [1.82, 2.24) is 5.06 Å². The Morgan fingerprint density at radius 2 is 1.95 bits per heavy atom. The first kappa shape index (κ1) is 13.6. The number of carbonyl (C=O) groups is 2. The predicted molar refractivity (Wildman–Crippen MR) is 70.9 cm³/mol. The van der Waals surface area contributed by atoms with Gasteiger partial charge in [-0.15, -0.1) is 0 Å². The van der Waals surface area contributed by atoms with Gasteiger partial charge in [0.25, 0.3) is 5.91 Å². The Balaban J connectivity index is 2.08. The van der Waals surface area contributed by atoms with Crippen LogP contribution in [0.2, 0.25) is 0 Å². The van der Waals surface area contributed by atoms with Gasteiger partial charge in [-0.1, -0.05) is 30.3 Å². The minimum absolute atomic E-state index is 0.236. The topological polar surface area (TPSA) is 46.6 Å². The van der Waals surface area contributed by atoms with E-state index in [1.165, 1.54) is 17.6 Å². The molecule has 0 bridgehead atoms. The van der Waals surface area contributed by atoms with Crippen LogP contribution in [0.15, 0.2) is 30.3 Å². The maximum Gasteiger partial charge on any atom is 0.338 e. The Kier molecular flexibility index (Phi) is 3.60. The summed E-state index contributed by atoms with van der Waals surface area (Å²) in [5, 5.41) is 1.20. The molecule has 4 heteroatoms. The Morgan fingerprint density at radius 1 is 1.32 bits per heavy atom. The third-order valence-corrected chi connectivity index (χ3v) is 3.69. The van der Waals surface area contributed by atoms with Crippen molar-refractivity contribution in [3.05, 3.63) is 35.9 Å². The summed E-state index contributed by atoms with van der Waals surface area (Å²) >= 11 is 0. The number of benzene rings is 1. The second-order valence-electron chi connectivity index (χ2n) is 5.45. The number of nitrogens with zero attached hydrogens (tertiary/aromatic N) is 1. The molecule has 4 nitrogen and oxygen atoms in total. The van der Waals surface area contributed by atoms with Gasteiger partial charge in [-0.05, 0) is 32.3 Å². The molecule has 1 aromatic carbocycles. The van der Waals surface area contributed by atoms with Crippen LogP contribution in [0, 0.1) is 5.92 Å². The Hall–Kier alpha value is -1.84. The molecule has 1 fully saturated rings. The molecular formula is C15H19NO3. The van der Waals surface area contributed by atoms with Crippen molar-refractivity contribution in [1.29, 1.82) is 0 Å². The van der Waals surface area contributed by atoms with Crippen molar-refractivity contribution >= 4 is 11.9 Å². The second-order valence-corrected chi connectivity index (χ2v) is 5.45. The summed E-state index contributed by atoms with van der Waals surface area (Å²) in [7, 11) is 0. The van der Waals surface area contributed by atoms with E-state index in [0.29, 0.717) is 6.42 Å². The van der Waals surface area contributed by atoms with E-state index in [1.54, 1.807) is 0 Å². The lowest BCUT2D eigenvalue weighted by Gasteiger charge is -2.29. The first-order valence-electron chi connectivity index (χ1n) is 6.49. The average molecular weight is 261 g/mol. The van der Waals surface area contributed by atoms with Gasteiger partial charge >= 0.3 is 5.97 Å². The van der Waals surface area contributed by atoms with Gasteiger partial charge in [-0.25, -0.2) is 4.79 Å².